The number of amides is 3. The highest BCUT2D eigenvalue weighted by Crippen LogP contribution is 2.23. The summed E-state index contributed by atoms with van der Waals surface area (Å²) in [5.74, 6) is -0.136. The molecule has 0 atom stereocenters. The number of carbonyl (C=O) groups is 2. The summed E-state index contributed by atoms with van der Waals surface area (Å²) in [6, 6.07) is 17.2. The van der Waals surface area contributed by atoms with Gasteiger partial charge in [0.15, 0.2) is 0 Å². The van der Waals surface area contributed by atoms with Crippen molar-refractivity contribution in [3.63, 3.8) is 0 Å². The van der Waals surface area contributed by atoms with Gasteiger partial charge in [-0.2, -0.15) is 0 Å². The van der Waals surface area contributed by atoms with Crippen molar-refractivity contribution in [1.82, 2.24) is 4.90 Å². The maximum absolute atomic E-state index is 12.1. The van der Waals surface area contributed by atoms with Gasteiger partial charge in [0, 0.05) is 37.1 Å². The lowest BCUT2D eigenvalue weighted by atomic mass is 10.2. The maximum atomic E-state index is 12.1. The van der Waals surface area contributed by atoms with Crippen LogP contribution in [0.25, 0.3) is 0 Å². The molecule has 1 N–H and O–H groups in total. The molecule has 5 nitrogen and oxygen atoms in total. The van der Waals surface area contributed by atoms with Crippen LogP contribution in [0.2, 0.25) is 0 Å². The monoisotopic (exact) mass is 295 g/mol. The molecule has 1 heterocycles. The third kappa shape index (κ3) is 2.79. The summed E-state index contributed by atoms with van der Waals surface area (Å²) < 4.78 is 0. The lowest BCUT2D eigenvalue weighted by molar-refractivity contribution is -0.127. The van der Waals surface area contributed by atoms with E-state index in [1.807, 2.05) is 54.6 Å². The minimum atomic E-state index is -0.278. The predicted molar refractivity (Wildman–Crippen MR) is 86.3 cm³/mol. The molecule has 0 radical (unpaired) electrons. The molecule has 0 spiro atoms. The molecule has 2 aromatic carbocycles. The van der Waals surface area contributed by atoms with E-state index in [0.29, 0.717) is 13.0 Å². The van der Waals surface area contributed by atoms with Gasteiger partial charge in [0.05, 0.1) is 0 Å². The van der Waals surface area contributed by atoms with Crippen molar-refractivity contribution in [3.05, 3.63) is 54.6 Å². The van der Waals surface area contributed by atoms with E-state index in [2.05, 4.69) is 5.32 Å². The molecule has 0 bridgehead atoms. The predicted octanol–water partition coefficient (Wildman–Crippen LogP) is 3.22. The minimum absolute atomic E-state index is 0.136. The van der Waals surface area contributed by atoms with Gasteiger partial charge in [0.25, 0.3) is 0 Å². The Labute approximate surface area is 129 Å². The van der Waals surface area contributed by atoms with Crippen LogP contribution < -0.4 is 10.2 Å². The molecule has 0 aromatic heterocycles. The number of anilines is 3. The third-order valence-electron chi connectivity index (χ3n) is 3.68. The summed E-state index contributed by atoms with van der Waals surface area (Å²) in [6.45, 7) is 0.424. The van der Waals surface area contributed by atoms with E-state index in [9.17, 15) is 9.59 Å². The zero-order chi connectivity index (χ0) is 15.5. The largest absolute Gasteiger partial charge is 0.356 e. The molecule has 1 aliphatic heterocycles. The van der Waals surface area contributed by atoms with Gasteiger partial charge in [0.2, 0.25) is 5.91 Å². The first kappa shape index (κ1) is 14.1. The number of para-hydroxylation sites is 1. The van der Waals surface area contributed by atoms with Crippen LogP contribution in [0.15, 0.2) is 54.6 Å². The van der Waals surface area contributed by atoms with Crippen LogP contribution in [-0.4, -0.2) is 30.4 Å². The number of rotatable bonds is 3. The van der Waals surface area contributed by atoms with Crippen LogP contribution >= 0.6 is 0 Å². The summed E-state index contributed by atoms with van der Waals surface area (Å²) in [7, 11) is 1.52. The van der Waals surface area contributed by atoms with Crippen LogP contribution in [0.3, 0.4) is 0 Å². The molecule has 1 aliphatic rings. The number of nitrogens with zero attached hydrogens (tertiary/aromatic N) is 2. The molecule has 2 aromatic rings. The van der Waals surface area contributed by atoms with E-state index in [-0.39, 0.29) is 11.9 Å². The quantitative estimate of drug-likeness (QED) is 0.946. The van der Waals surface area contributed by atoms with Crippen molar-refractivity contribution in [3.8, 4) is 0 Å². The number of hydrogen-bond donors (Lipinski definition) is 1. The number of nitrogens with one attached hydrogen (secondary N) is 1. The molecule has 0 aliphatic carbocycles. The Bertz CT molecular complexity index is 683. The Morgan fingerprint density at radius 2 is 1.55 bits per heavy atom. The van der Waals surface area contributed by atoms with E-state index in [4.69, 9.17) is 0 Å². The summed E-state index contributed by atoms with van der Waals surface area (Å²) in [6.07, 6.45) is 0.353. The highest BCUT2D eigenvalue weighted by Gasteiger charge is 2.29. The molecular weight excluding hydrogens is 278 g/mol. The average molecular weight is 295 g/mol. The molecule has 0 saturated carbocycles. The third-order valence-corrected chi connectivity index (χ3v) is 3.68. The molecule has 112 valence electrons. The van der Waals surface area contributed by atoms with Gasteiger partial charge >= 0.3 is 6.03 Å². The Balaban J connectivity index is 1.74. The van der Waals surface area contributed by atoms with Gasteiger partial charge in [-0.1, -0.05) is 18.2 Å². The van der Waals surface area contributed by atoms with Crippen LogP contribution in [-0.2, 0) is 4.79 Å². The Hall–Kier alpha value is -2.82. The van der Waals surface area contributed by atoms with E-state index in [0.717, 1.165) is 17.1 Å². The standard InChI is InChI=1S/C17H17N3O2/c1-19-16(21)11-12-20(17(19)22)15-9-7-14(8-10-15)18-13-5-3-2-4-6-13/h2-10,18H,11-12H2,1H3. The normalized spacial score (nSPS) is 15.1. The first-order chi connectivity index (χ1) is 10.6. The van der Waals surface area contributed by atoms with Crippen molar-refractivity contribution in [2.75, 3.05) is 23.8 Å². The van der Waals surface area contributed by atoms with Crippen LogP contribution in [0.4, 0.5) is 21.9 Å². The zero-order valence-electron chi connectivity index (χ0n) is 12.3. The minimum Gasteiger partial charge on any atom is -0.356 e. The lowest BCUT2D eigenvalue weighted by Crippen LogP contribution is -2.50. The Morgan fingerprint density at radius 3 is 2.23 bits per heavy atom. The average Bonchev–Trinajstić information content (AvgIpc) is 2.55. The molecular formula is C17H17N3O2. The van der Waals surface area contributed by atoms with E-state index < -0.39 is 0 Å². The van der Waals surface area contributed by atoms with E-state index in [1.54, 1.807) is 4.90 Å². The summed E-state index contributed by atoms with van der Waals surface area (Å²) in [5.41, 5.74) is 2.75. The van der Waals surface area contributed by atoms with Gasteiger partial charge in [-0.3, -0.25) is 14.6 Å². The molecule has 1 saturated heterocycles. The van der Waals surface area contributed by atoms with Crippen molar-refractivity contribution in [2.24, 2.45) is 0 Å². The number of carbonyl (C=O) groups excluding carboxylic acids is 2. The second kappa shape index (κ2) is 5.89. The fraction of sp³-hybridized carbons (Fsp3) is 0.176. The van der Waals surface area contributed by atoms with Crippen molar-refractivity contribution < 1.29 is 9.59 Å². The lowest BCUT2D eigenvalue weighted by Gasteiger charge is -2.32. The second-order valence-corrected chi connectivity index (χ2v) is 5.17. The van der Waals surface area contributed by atoms with Gasteiger partial charge in [-0.25, -0.2) is 4.79 Å². The van der Waals surface area contributed by atoms with Gasteiger partial charge in [-0.05, 0) is 36.4 Å². The summed E-state index contributed by atoms with van der Waals surface area (Å²) in [5, 5.41) is 3.29. The smallest absolute Gasteiger partial charge is 0.330 e. The number of imide groups is 1. The Morgan fingerprint density at radius 1 is 0.909 bits per heavy atom. The van der Waals surface area contributed by atoms with Gasteiger partial charge < -0.3 is 5.32 Å². The SMILES string of the molecule is CN1C(=O)CCN(c2ccc(Nc3ccccc3)cc2)C1=O. The molecule has 3 amide bonds. The molecule has 3 rings (SSSR count). The fourth-order valence-corrected chi connectivity index (χ4v) is 2.41. The first-order valence-electron chi connectivity index (χ1n) is 7.15. The topological polar surface area (TPSA) is 52.7 Å². The van der Waals surface area contributed by atoms with Crippen molar-refractivity contribution >= 4 is 29.0 Å². The zero-order valence-corrected chi connectivity index (χ0v) is 12.3. The van der Waals surface area contributed by atoms with Crippen molar-refractivity contribution in [2.45, 2.75) is 6.42 Å². The Kier molecular flexibility index (Phi) is 3.78. The van der Waals surface area contributed by atoms with E-state index in [1.165, 1.54) is 11.9 Å². The highest BCUT2D eigenvalue weighted by molar-refractivity contribution is 6.05. The van der Waals surface area contributed by atoms with Crippen LogP contribution in [0.5, 0.6) is 0 Å². The van der Waals surface area contributed by atoms with Gasteiger partial charge in [-0.15, -0.1) is 0 Å². The molecule has 5 heteroatoms. The highest BCUT2D eigenvalue weighted by atomic mass is 16.2. The summed E-state index contributed by atoms with van der Waals surface area (Å²) in [4.78, 5) is 26.4. The number of urea groups is 1. The fourth-order valence-electron chi connectivity index (χ4n) is 2.41. The molecule has 22 heavy (non-hydrogen) atoms. The molecule has 1 fully saturated rings. The maximum Gasteiger partial charge on any atom is 0.330 e. The number of benzene rings is 2. The van der Waals surface area contributed by atoms with E-state index >= 15 is 0 Å². The van der Waals surface area contributed by atoms with Crippen LogP contribution in [0, 0.1) is 0 Å². The van der Waals surface area contributed by atoms with Gasteiger partial charge in [0.1, 0.15) is 0 Å². The molecule has 0 unspecified atom stereocenters. The summed E-state index contributed by atoms with van der Waals surface area (Å²) >= 11 is 0. The van der Waals surface area contributed by atoms with Crippen molar-refractivity contribution in [1.29, 1.82) is 0 Å². The first-order valence-corrected chi connectivity index (χ1v) is 7.15. The second-order valence-electron chi connectivity index (χ2n) is 5.17. The van der Waals surface area contributed by atoms with Crippen LogP contribution in [0.1, 0.15) is 6.42 Å². The number of hydrogen-bond acceptors (Lipinski definition) is 3.